The number of amides is 1. The second-order valence-electron chi connectivity index (χ2n) is 4.70. The van der Waals surface area contributed by atoms with Gasteiger partial charge in [0.1, 0.15) is 0 Å². The first-order valence-electron chi connectivity index (χ1n) is 5.50. The molecule has 0 bridgehead atoms. The van der Waals surface area contributed by atoms with Crippen LogP contribution in [-0.2, 0) is 4.79 Å². The van der Waals surface area contributed by atoms with E-state index in [1.165, 1.54) is 0 Å². The molecule has 4 nitrogen and oxygen atoms in total. The molecule has 0 aliphatic rings. The van der Waals surface area contributed by atoms with Gasteiger partial charge in [-0.3, -0.25) is 4.79 Å². The van der Waals surface area contributed by atoms with E-state index in [9.17, 15) is 4.79 Å². The number of nitrogens with zero attached hydrogens (tertiary/aromatic N) is 2. The first-order chi connectivity index (χ1) is 6.81. The van der Waals surface area contributed by atoms with E-state index in [2.05, 4.69) is 4.90 Å². The number of carbonyl (C=O) groups is 1. The van der Waals surface area contributed by atoms with Crippen molar-refractivity contribution in [2.24, 2.45) is 5.73 Å². The predicted octanol–water partition coefficient (Wildman–Crippen LogP) is 0.524. The SMILES string of the molecule is CCCC(C)(N)C(=O)N(C)CCN(C)C. The third-order valence-electron chi connectivity index (χ3n) is 2.49. The lowest BCUT2D eigenvalue weighted by Gasteiger charge is -2.29. The van der Waals surface area contributed by atoms with Gasteiger partial charge in [-0.25, -0.2) is 0 Å². The minimum Gasteiger partial charge on any atom is -0.343 e. The van der Waals surface area contributed by atoms with E-state index in [0.717, 1.165) is 25.9 Å². The van der Waals surface area contributed by atoms with Crippen LogP contribution in [0.1, 0.15) is 26.7 Å². The molecule has 1 amide bonds. The summed E-state index contributed by atoms with van der Waals surface area (Å²) in [6.45, 7) is 5.44. The van der Waals surface area contributed by atoms with Crippen LogP contribution in [0.2, 0.25) is 0 Å². The molecule has 0 fully saturated rings. The average molecular weight is 215 g/mol. The van der Waals surface area contributed by atoms with Crippen molar-refractivity contribution in [2.45, 2.75) is 32.2 Å². The molecule has 0 aliphatic heterocycles. The van der Waals surface area contributed by atoms with Gasteiger partial charge in [-0.2, -0.15) is 0 Å². The number of likely N-dealkylation sites (N-methyl/N-ethyl adjacent to an activating group) is 2. The second kappa shape index (κ2) is 6.08. The van der Waals surface area contributed by atoms with Crippen LogP contribution in [0.3, 0.4) is 0 Å². The minimum absolute atomic E-state index is 0.0335. The van der Waals surface area contributed by atoms with Gasteiger partial charge in [0, 0.05) is 20.1 Å². The fourth-order valence-corrected chi connectivity index (χ4v) is 1.51. The molecule has 0 aliphatic carbocycles. The van der Waals surface area contributed by atoms with Crippen LogP contribution >= 0.6 is 0 Å². The maximum atomic E-state index is 11.9. The highest BCUT2D eigenvalue weighted by atomic mass is 16.2. The number of rotatable bonds is 6. The van der Waals surface area contributed by atoms with Crippen LogP contribution in [0.4, 0.5) is 0 Å². The van der Waals surface area contributed by atoms with Crippen molar-refractivity contribution in [2.75, 3.05) is 34.2 Å². The normalized spacial score (nSPS) is 15.1. The Morgan fingerprint density at radius 1 is 1.27 bits per heavy atom. The van der Waals surface area contributed by atoms with Crippen molar-refractivity contribution < 1.29 is 4.79 Å². The average Bonchev–Trinajstić information content (AvgIpc) is 2.12. The lowest BCUT2D eigenvalue weighted by molar-refractivity contribution is -0.135. The number of hydrogen-bond donors (Lipinski definition) is 1. The largest absolute Gasteiger partial charge is 0.343 e. The Labute approximate surface area is 93.4 Å². The summed E-state index contributed by atoms with van der Waals surface area (Å²) in [4.78, 5) is 15.7. The zero-order chi connectivity index (χ0) is 12.1. The number of carbonyl (C=O) groups excluding carboxylic acids is 1. The zero-order valence-corrected chi connectivity index (χ0v) is 10.7. The summed E-state index contributed by atoms with van der Waals surface area (Å²) in [6, 6.07) is 0. The molecule has 2 N–H and O–H groups in total. The minimum atomic E-state index is -0.712. The van der Waals surface area contributed by atoms with Crippen molar-refractivity contribution >= 4 is 5.91 Å². The fraction of sp³-hybridized carbons (Fsp3) is 0.909. The van der Waals surface area contributed by atoms with Gasteiger partial charge in [0.25, 0.3) is 0 Å². The van der Waals surface area contributed by atoms with Crippen LogP contribution in [0.15, 0.2) is 0 Å². The highest BCUT2D eigenvalue weighted by molar-refractivity contribution is 5.85. The van der Waals surface area contributed by atoms with Gasteiger partial charge in [0.15, 0.2) is 0 Å². The van der Waals surface area contributed by atoms with E-state index in [1.807, 2.05) is 35.0 Å². The van der Waals surface area contributed by atoms with Crippen molar-refractivity contribution in [1.82, 2.24) is 9.80 Å². The van der Waals surface area contributed by atoms with E-state index in [1.54, 1.807) is 4.90 Å². The van der Waals surface area contributed by atoms with Crippen LogP contribution < -0.4 is 5.73 Å². The van der Waals surface area contributed by atoms with E-state index in [0.29, 0.717) is 0 Å². The first-order valence-corrected chi connectivity index (χ1v) is 5.50. The quantitative estimate of drug-likeness (QED) is 0.703. The summed E-state index contributed by atoms with van der Waals surface area (Å²) >= 11 is 0. The molecule has 0 radical (unpaired) electrons. The predicted molar refractivity (Wildman–Crippen MR) is 63.7 cm³/mol. The third kappa shape index (κ3) is 5.14. The summed E-state index contributed by atoms with van der Waals surface area (Å²) in [6.07, 6.45) is 1.67. The summed E-state index contributed by atoms with van der Waals surface area (Å²) in [7, 11) is 5.80. The molecular formula is C11H25N3O. The monoisotopic (exact) mass is 215 g/mol. The molecule has 0 saturated heterocycles. The zero-order valence-electron chi connectivity index (χ0n) is 10.7. The molecule has 1 atom stereocenters. The Bertz CT molecular complexity index is 202. The van der Waals surface area contributed by atoms with Gasteiger partial charge in [0.2, 0.25) is 5.91 Å². The topological polar surface area (TPSA) is 49.6 Å². The van der Waals surface area contributed by atoms with E-state index in [4.69, 9.17) is 5.73 Å². The van der Waals surface area contributed by atoms with Gasteiger partial charge in [0.05, 0.1) is 5.54 Å². The van der Waals surface area contributed by atoms with E-state index >= 15 is 0 Å². The number of nitrogens with two attached hydrogens (primary N) is 1. The Balaban J connectivity index is 4.18. The molecular weight excluding hydrogens is 190 g/mol. The van der Waals surface area contributed by atoms with Crippen molar-refractivity contribution in [1.29, 1.82) is 0 Å². The van der Waals surface area contributed by atoms with Gasteiger partial charge < -0.3 is 15.5 Å². The molecule has 4 heteroatoms. The van der Waals surface area contributed by atoms with Crippen molar-refractivity contribution in [3.63, 3.8) is 0 Å². The van der Waals surface area contributed by atoms with E-state index in [-0.39, 0.29) is 5.91 Å². The standard InChI is InChI=1S/C11H25N3O/c1-6-7-11(2,12)10(15)14(5)9-8-13(3)4/h6-9,12H2,1-5H3. The third-order valence-corrected chi connectivity index (χ3v) is 2.49. The summed E-state index contributed by atoms with van der Waals surface area (Å²) < 4.78 is 0. The Morgan fingerprint density at radius 2 is 1.80 bits per heavy atom. The van der Waals surface area contributed by atoms with Crippen LogP contribution in [0.25, 0.3) is 0 Å². The van der Waals surface area contributed by atoms with Crippen LogP contribution in [0, 0.1) is 0 Å². The van der Waals surface area contributed by atoms with Gasteiger partial charge in [-0.1, -0.05) is 13.3 Å². The van der Waals surface area contributed by atoms with Gasteiger partial charge >= 0.3 is 0 Å². The second-order valence-corrected chi connectivity index (χ2v) is 4.70. The van der Waals surface area contributed by atoms with Gasteiger partial charge in [-0.05, 0) is 27.4 Å². The highest BCUT2D eigenvalue weighted by Gasteiger charge is 2.29. The molecule has 0 spiro atoms. The Morgan fingerprint density at radius 3 is 2.20 bits per heavy atom. The molecule has 0 aromatic rings. The maximum absolute atomic E-state index is 11.9. The van der Waals surface area contributed by atoms with Crippen molar-refractivity contribution in [3.8, 4) is 0 Å². The van der Waals surface area contributed by atoms with Crippen molar-refractivity contribution in [3.05, 3.63) is 0 Å². The molecule has 15 heavy (non-hydrogen) atoms. The Hall–Kier alpha value is -0.610. The molecule has 90 valence electrons. The fourth-order valence-electron chi connectivity index (χ4n) is 1.51. The molecule has 1 unspecified atom stereocenters. The molecule has 0 saturated carbocycles. The summed E-state index contributed by atoms with van der Waals surface area (Å²) in [5.74, 6) is 0.0335. The molecule has 0 aromatic carbocycles. The summed E-state index contributed by atoms with van der Waals surface area (Å²) in [5.41, 5.74) is 5.26. The van der Waals surface area contributed by atoms with E-state index < -0.39 is 5.54 Å². The maximum Gasteiger partial charge on any atom is 0.242 e. The first kappa shape index (κ1) is 14.4. The molecule has 0 rings (SSSR count). The van der Waals surface area contributed by atoms with Crippen LogP contribution in [-0.4, -0.2) is 55.5 Å². The molecule has 0 heterocycles. The summed E-state index contributed by atoms with van der Waals surface area (Å²) in [5, 5.41) is 0. The lowest BCUT2D eigenvalue weighted by atomic mass is 9.96. The smallest absolute Gasteiger partial charge is 0.242 e. The molecule has 0 aromatic heterocycles. The highest BCUT2D eigenvalue weighted by Crippen LogP contribution is 2.11. The number of hydrogen-bond acceptors (Lipinski definition) is 3. The van der Waals surface area contributed by atoms with Crippen LogP contribution in [0.5, 0.6) is 0 Å². The Kier molecular flexibility index (Phi) is 5.83. The lowest BCUT2D eigenvalue weighted by Crippen LogP contribution is -2.53. The van der Waals surface area contributed by atoms with Gasteiger partial charge in [-0.15, -0.1) is 0 Å².